The van der Waals surface area contributed by atoms with Crippen molar-refractivity contribution in [3.8, 4) is 11.5 Å². The summed E-state index contributed by atoms with van der Waals surface area (Å²) >= 11 is 0. The van der Waals surface area contributed by atoms with Crippen molar-refractivity contribution in [1.29, 1.82) is 0 Å². The summed E-state index contributed by atoms with van der Waals surface area (Å²) in [6, 6.07) is 6.01. The van der Waals surface area contributed by atoms with Gasteiger partial charge in [-0.25, -0.2) is 0 Å². The summed E-state index contributed by atoms with van der Waals surface area (Å²) in [5, 5.41) is 14.3. The van der Waals surface area contributed by atoms with Crippen LogP contribution >= 0.6 is 0 Å². The maximum atomic E-state index is 5.34. The molecule has 0 bridgehead atoms. The van der Waals surface area contributed by atoms with Gasteiger partial charge in [-0.3, -0.25) is 0 Å². The number of aromatic nitrogens is 3. The van der Waals surface area contributed by atoms with Gasteiger partial charge in [0.15, 0.2) is 5.82 Å². The van der Waals surface area contributed by atoms with Crippen molar-refractivity contribution in [2.45, 2.75) is 18.9 Å². The standard InChI is InChI=1S/C14H17N5O2/c1-20-10-5-6-11(12(7-10)21-2)17-13-8-15-19-14(18-13)16-9-3-4-9/h5-9H,3-4H2,1-2H3,(H2,16,17,18,19). The summed E-state index contributed by atoms with van der Waals surface area (Å²) in [5.74, 6) is 2.55. The first kappa shape index (κ1) is 13.4. The predicted molar refractivity (Wildman–Crippen MR) is 79.3 cm³/mol. The van der Waals surface area contributed by atoms with Gasteiger partial charge in [0, 0.05) is 12.1 Å². The van der Waals surface area contributed by atoms with Crippen molar-refractivity contribution in [1.82, 2.24) is 15.2 Å². The number of methoxy groups -OCH3 is 2. The molecule has 0 saturated heterocycles. The molecular weight excluding hydrogens is 270 g/mol. The lowest BCUT2D eigenvalue weighted by molar-refractivity contribution is 0.395. The van der Waals surface area contributed by atoms with Gasteiger partial charge < -0.3 is 20.1 Å². The Hall–Kier alpha value is -2.57. The molecule has 1 aliphatic rings. The Bertz CT molecular complexity index is 631. The highest BCUT2D eigenvalue weighted by Gasteiger charge is 2.22. The summed E-state index contributed by atoms with van der Waals surface area (Å²) in [7, 11) is 3.23. The minimum absolute atomic E-state index is 0.484. The third kappa shape index (κ3) is 3.31. The van der Waals surface area contributed by atoms with Crippen molar-refractivity contribution < 1.29 is 9.47 Å². The van der Waals surface area contributed by atoms with Gasteiger partial charge in [0.2, 0.25) is 5.95 Å². The molecule has 1 heterocycles. The van der Waals surface area contributed by atoms with Crippen LogP contribution in [0.2, 0.25) is 0 Å². The van der Waals surface area contributed by atoms with Crippen LogP contribution in [0.3, 0.4) is 0 Å². The molecule has 21 heavy (non-hydrogen) atoms. The van der Waals surface area contributed by atoms with Crippen molar-refractivity contribution >= 4 is 17.5 Å². The summed E-state index contributed by atoms with van der Waals surface area (Å²) in [5.41, 5.74) is 0.788. The second kappa shape index (κ2) is 5.82. The number of nitrogens with zero attached hydrogens (tertiary/aromatic N) is 3. The van der Waals surface area contributed by atoms with E-state index in [1.807, 2.05) is 12.1 Å². The molecule has 3 rings (SSSR count). The fraction of sp³-hybridized carbons (Fsp3) is 0.357. The molecule has 1 aromatic heterocycles. The number of nitrogens with one attached hydrogen (secondary N) is 2. The molecule has 2 N–H and O–H groups in total. The van der Waals surface area contributed by atoms with Crippen molar-refractivity contribution in [2.75, 3.05) is 24.9 Å². The Labute approximate surface area is 122 Å². The lowest BCUT2D eigenvalue weighted by Crippen LogP contribution is -2.08. The van der Waals surface area contributed by atoms with Crippen LogP contribution in [0, 0.1) is 0 Å². The Balaban J connectivity index is 1.79. The molecule has 110 valence electrons. The number of hydrogen-bond donors (Lipinski definition) is 2. The summed E-state index contributed by atoms with van der Waals surface area (Å²) in [6.07, 6.45) is 3.89. The summed E-state index contributed by atoms with van der Waals surface area (Å²) < 4.78 is 10.5. The summed E-state index contributed by atoms with van der Waals surface area (Å²) in [6.45, 7) is 0. The van der Waals surface area contributed by atoms with Gasteiger partial charge in [0.25, 0.3) is 0 Å². The van der Waals surface area contributed by atoms with E-state index in [1.54, 1.807) is 26.5 Å². The largest absolute Gasteiger partial charge is 0.497 e. The maximum absolute atomic E-state index is 5.34. The highest BCUT2D eigenvalue weighted by molar-refractivity contribution is 5.65. The number of hydrogen-bond acceptors (Lipinski definition) is 7. The molecule has 0 amide bonds. The minimum Gasteiger partial charge on any atom is -0.497 e. The second-order valence-electron chi connectivity index (χ2n) is 4.78. The molecular formula is C14H17N5O2. The highest BCUT2D eigenvalue weighted by Crippen LogP contribution is 2.31. The average Bonchev–Trinajstić information content (AvgIpc) is 3.32. The zero-order valence-corrected chi connectivity index (χ0v) is 12.0. The zero-order valence-electron chi connectivity index (χ0n) is 12.0. The van der Waals surface area contributed by atoms with Crippen molar-refractivity contribution in [2.24, 2.45) is 0 Å². The minimum atomic E-state index is 0.484. The van der Waals surface area contributed by atoms with Gasteiger partial charge in [-0.15, -0.1) is 5.10 Å². The average molecular weight is 287 g/mol. The molecule has 7 nitrogen and oxygen atoms in total. The Kier molecular flexibility index (Phi) is 3.72. The van der Waals surface area contributed by atoms with Crippen LogP contribution in [-0.4, -0.2) is 35.4 Å². The van der Waals surface area contributed by atoms with E-state index in [4.69, 9.17) is 9.47 Å². The molecule has 0 atom stereocenters. The molecule has 0 radical (unpaired) electrons. The van der Waals surface area contributed by atoms with Crippen LogP contribution in [-0.2, 0) is 0 Å². The first-order valence-corrected chi connectivity index (χ1v) is 6.74. The van der Waals surface area contributed by atoms with Gasteiger partial charge in [-0.05, 0) is 25.0 Å². The van der Waals surface area contributed by atoms with Gasteiger partial charge in [0.1, 0.15) is 11.5 Å². The maximum Gasteiger partial charge on any atom is 0.244 e. The number of benzene rings is 1. The van der Waals surface area contributed by atoms with Crippen molar-refractivity contribution in [3.05, 3.63) is 24.4 Å². The first-order valence-electron chi connectivity index (χ1n) is 6.74. The Morgan fingerprint density at radius 1 is 1.19 bits per heavy atom. The molecule has 1 saturated carbocycles. The third-order valence-corrected chi connectivity index (χ3v) is 3.14. The molecule has 2 aromatic rings. The lowest BCUT2D eigenvalue weighted by atomic mass is 10.2. The molecule has 0 spiro atoms. The van der Waals surface area contributed by atoms with E-state index in [2.05, 4.69) is 25.8 Å². The van der Waals surface area contributed by atoms with Gasteiger partial charge >= 0.3 is 0 Å². The van der Waals surface area contributed by atoms with Crippen LogP contribution in [0.1, 0.15) is 12.8 Å². The van der Waals surface area contributed by atoms with Crippen molar-refractivity contribution in [3.63, 3.8) is 0 Å². The van der Waals surface area contributed by atoms with Crippen LogP contribution < -0.4 is 20.1 Å². The SMILES string of the molecule is COc1ccc(Nc2cnnc(NC3CC3)n2)c(OC)c1. The van der Waals surface area contributed by atoms with E-state index in [0.29, 0.717) is 23.6 Å². The number of ether oxygens (including phenoxy) is 2. The molecule has 1 aromatic carbocycles. The quantitative estimate of drug-likeness (QED) is 0.843. The smallest absolute Gasteiger partial charge is 0.244 e. The molecule has 1 aliphatic carbocycles. The Morgan fingerprint density at radius 3 is 2.76 bits per heavy atom. The van der Waals surface area contributed by atoms with E-state index < -0.39 is 0 Å². The number of anilines is 3. The Morgan fingerprint density at radius 2 is 2.05 bits per heavy atom. The monoisotopic (exact) mass is 287 g/mol. The predicted octanol–water partition coefficient (Wildman–Crippen LogP) is 2.21. The molecule has 0 aliphatic heterocycles. The van der Waals surface area contributed by atoms with Gasteiger partial charge in [0.05, 0.1) is 26.1 Å². The van der Waals surface area contributed by atoms with Gasteiger partial charge in [-0.2, -0.15) is 10.1 Å². The van der Waals surface area contributed by atoms with E-state index in [0.717, 1.165) is 24.3 Å². The first-order chi connectivity index (χ1) is 10.3. The van der Waals surface area contributed by atoms with Crippen LogP contribution in [0.25, 0.3) is 0 Å². The fourth-order valence-corrected chi connectivity index (χ4v) is 1.87. The fourth-order valence-electron chi connectivity index (χ4n) is 1.87. The van der Waals surface area contributed by atoms with E-state index in [9.17, 15) is 0 Å². The third-order valence-electron chi connectivity index (χ3n) is 3.14. The van der Waals surface area contributed by atoms with Crippen LogP contribution in [0.15, 0.2) is 24.4 Å². The topological polar surface area (TPSA) is 81.2 Å². The second-order valence-corrected chi connectivity index (χ2v) is 4.78. The normalized spacial score (nSPS) is 13.6. The molecule has 1 fully saturated rings. The lowest BCUT2D eigenvalue weighted by Gasteiger charge is -2.12. The van der Waals surface area contributed by atoms with E-state index >= 15 is 0 Å². The highest BCUT2D eigenvalue weighted by atomic mass is 16.5. The number of rotatable bonds is 6. The van der Waals surface area contributed by atoms with E-state index in [-0.39, 0.29) is 0 Å². The van der Waals surface area contributed by atoms with E-state index in [1.165, 1.54) is 0 Å². The van der Waals surface area contributed by atoms with Crippen LogP contribution in [0.5, 0.6) is 11.5 Å². The zero-order chi connectivity index (χ0) is 14.7. The van der Waals surface area contributed by atoms with Gasteiger partial charge in [-0.1, -0.05) is 0 Å². The molecule has 0 unspecified atom stereocenters. The summed E-state index contributed by atoms with van der Waals surface area (Å²) in [4.78, 5) is 4.38. The molecule has 7 heteroatoms. The van der Waals surface area contributed by atoms with Crippen LogP contribution in [0.4, 0.5) is 17.5 Å².